The normalized spacial score (nSPS) is 13.7. The Balaban J connectivity index is 4.80. The summed E-state index contributed by atoms with van der Waals surface area (Å²) in [5.74, 6) is -5.71. The van der Waals surface area contributed by atoms with E-state index in [-0.39, 0.29) is 10.8 Å². The Bertz CT molecular complexity index is 559. The molecule has 0 aliphatic carbocycles. The van der Waals surface area contributed by atoms with Crippen molar-refractivity contribution in [2.45, 2.75) is 25.9 Å². The van der Waals surface area contributed by atoms with Gasteiger partial charge in [0.25, 0.3) is 0 Å². The van der Waals surface area contributed by atoms with Crippen molar-refractivity contribution in [1.29, 1.82) is 0 Å². The molecule has 2 unspecified atom stereocenters. The molecule has 0 aromatic carbocycles. The van der Waals surface area contributed by atoms with Gasteiger partial charge in [0.15, 0.2) is 0 Å². The van der Waals surface area contributed by atoms with Crippen molar-refractivity contribution in [3.8, 4) is 0 Å². The van der Waals surface area contributed by atoms with E-state index in [9.17, 15) is 27.6 Å². The number of carbonyl (C=O) groups is 4. The van der Waals surface area contributed by atoms with Crippen LogP contribution in [0.5, 0.6) is 0 Å². The molecule has 0 radical (unpaired) electrons. The molecule has 0 bridgehead atoms. The highest BCUT2D eigenvalue weighted by Gasteiger charge is 2.28. The predicted molar refractivity (Wildman–Crippen MR) is 76.7 cm³/mol. The summed E-state index contributed by atoms with van der Waals surface area (Å²) in [4.78, 5) is 43.4. The lowest BCUT2D eigenvalue weighted by atomic mass is 10.3. The zero-order chi connectivity index (χ0) is 17.5. The quantitative estimate of drug-likeness (QED) is 0.349. The molecule has 0 rings (SSSR count). The van der Waals surface area contributed by atoms with Gasteiger partial charge in [0.2, 0.25) is 20.7 Å². The van der Waals surface area contributed by atoms with Crippen molar-refractivity contribution in [1.82, 2.24) is 10.6 Å². The Kier molecular flexibility index (Phi) is 7.87. The number of carbonyl (C=O) groups excluding carboxylic acids is 2. The molecule has 0 fully saturated rings. The molecule has 0 aliphatic heterocycles. The second-order valence-corrected chi connectivity index (χ2v) is 8.44. The molecule has 0 spiro atoms. The molecule has 0 aromatic rings. The van der Waals surface area contributed by atoms with Crippen LogP contribution >= 0.6 is 10.8 Å². The summed E-state index contributed by atoms with van der Waals surface area (Å²) in [6, 6.07) is -3.07. The second-order valence-electron chi connectivity index (χ2n) is 4.19. The Hall–Kier alpha value is -1.82. The Morgan fingerprint density at radius 1 is 0.955 bits per heavy atom. The third-order valence-electron chi connectivity index (χ3n) is 2.14. The van der Waals surface area contributed by atoms with E-state index in [4.69, 9.17) is 10.2 Å². The van der Waals surface area contributed by atoms with Gasteiger partial charge in [-0.1, -0.05) is 0 Å². The third kappa shape index (κ3) is 8.46. The van der Waals surface area contributed by atoms with Crippen LogP contribution in [0.15, 0.2) is 0 Å². The van der Waals surface area contributed by atoms with Gasteiger partial charge in [0.1, 0.15) is 12.1 Å². The average Bonchev–Trinajstić information content (AvgIpc) is 2.31. The summed E-state index contributed by atoms with van der Waals surface area (Å²) in [5.41, 5.74) is 0. The van der Waals surface area contributed by atoms with Gasteiger partial charge in [-0.15, -0.1) is 0 Å². The zero-order valence-electron chi connectivity index (χ0n) is 11.7. The molecule has 0 saturated carbocycles. The number of carboxylic acid groups (broad SMARTS) is 2. The summed E-state index contributed by atoms with van der Waals surface area (Å²) in [6.45, 7) is 2.11. The number of hydrogen-bond acceptors (Lipinski definition) is 7. The zero-order valence-corrected chi connectivity index (χ0v) is 13.4. The van der Waals surface area contributed by atoms with E-state index in [1.807, 2.05) is 5.32 Å². The lowest BCUT2D eigenvalue weighted by molar-refractivity contribution is -0.141. The van der Waals surface area contributed by atoms with Crippen LogP contribution < -0.4 is 10.6 Å². The molecular weight excluding hydrogens is 340 g/mol. The predicted octanol–water partition coefficient (Wildman–Crippen LogP) is -1.77. The highest BCUT2D eigenvalue weighted by molar-refractivity contribution is 8.72. The fourth-order valence-corrected chi connectivity index (χ4v) is 4.29. The van der Waals surface area contributed by atoms with Crippen molar-refractivity contribution < 1.29 is 37.8 Å². The van der Waals surface area contributed by atoms with Gasteiger partial charge in [0, 0.05) is 19.6 Å². The van der Waals surface area contributed by atoms with Gasteiger partial charge in [-0.3, -0.25) is 9.59 Å². The van der Waals surface area contributed by atoms with E-state index >= 15 is 0 Å². The van der Waals surface area contributed by atoms with E-state index in [0.717, 1.165) is 13.8 Å². The van der Waals surface area contributed by atoms with Gasteiger partial charge in [-0.05, 0) is 10.8 Å². The van der Waals surface area contributed by atoms with Gasteiger partial charge < -0.3 is 20.8 Å². The summed E-state index contributed by atoms with van der Waals surface area (Å²) in [5, 5.41) is 21.7. The standard InChI is InChI=1S/C10H16N2O8S2/c1-5(13)11-7(9(15)16)3-21-22(19,20)4-8(10(17)18)12-6(2)14/h7-8H,3-4H2,1-2H3,(H,11,13)(H,12,14)(H,15,16)(H,17,18). The Labute approximate surface area is 130 Å². The molecule has 0 aromatic heterocycles. The summed E-state index contributed by atoms with van der Waals surface area (Å²) in [7, 11) is -3.84. The maximum atomic E-state index is 11.8. The maximum Gasteiger partial charge on any atom is 0.327 e. The first-order valence-electron chi connectivity index (χ1n) is 5.81. The average molecular weight is 356 g/mol. The molecule has 4 N–H and O–H groups in total. The molecule has 22 heavy (non-hydrogen) atoms. The molecule has 2 atom stereocenters. The largest absolute Gasteiger partial charge is 0.480 e. The smallest absolute Gasteiger partial charge is 0.327 e. The lowest BCUT2D eigenvalue weighted by Crippen LogP contribution is -2.45. The molecule has 12 heteroatoms. The molecule has 10 nitrogen and oxygen atoms in total. The number of nitrogens with one attached hydrogen (secondary N) is 2. The summed E-state index contributed by atoms with van der Waals surface area (Å²) in [6.07, 6.45) is 0. The fraction of sp³-hybridized carbons (Fsp3) is 0.600. The monoisotopic (exact) mass is 356 g/mol. The van der Waals surface area contributed by atoms with Crippen LogP contribution in [0.2, 0.25) is 0 Å². The highest BCUT2D eigenvalue weighted by atomic mass is 33.1. The first-order valence-corrected chi connectivity index (χ1v) is 8.97. The molecule has 2 amide bonds. The van der Waals surface area contributed by atoms with Crippen molar-refractivity contribution in [3.05, 3.63) is 0 Å². The summed E-state index contributed by atoms with van der Waals surface area (Å²) < 4.78 is 23.6. The van der Waals surface area contributed by atoms with Crippen molar-refractivity contribution >= 4 is 43.4 Å². The van der Waals surface area contributed by atoms with Crippen LogP contribution in [-0.4, -0.2) is 66.0 Å². The molecule has 0 saturated heterocycles. The first kappa shape index (κ1) is 20.2. The lowest BCUT2D eigenvalue weighted by Gasteiger charge is -2.15. The number of hydrogen-bond donors (Lipinski definition) is 4. The van der Waals surface area contributed by atoms with E-state index in [2.05, 4.69) is 5.32 Å². The molecular formula is C10H16N2O8S2. The Morgan fingerprint density at radius 3 is 1.73 bits per heavy atom. The topological polar surface area (TPSA) is 167 Å². The Morgan fingerprint density at radius 2 is 1.36 bits per heavy atom. The van der Waals surface area contributed by atoms with Crippen LogP contribution in [0.4, 0.5) is 0 Å². The van der Waals surface area contributed by atoms with Crippen LogP contribution in [0, 0.1) is 0 Å². The minimum Gasteiger partial charge on any atom is -0.480 e. The van der Waals surface area contributed by atoms with Gasteiger partial charge in [0.05, 0.1) is 5.75 Å². The molecule has 0 heterocycles. The molecule has 0 aliphatic rings. The maximum absolute atomic E-state index is 11.8. The number of aliphatic carboxylic acids is 2. The minimum absolute atomic E-state index is 0.192. The van der Waals surface area contributed by atoms with E-state index < -0.39 is 56.2 Å². The van der Waals surface area contributed by atoms with Gasteiger partial charge in [-0.25, -0.2) is 18.0 Å². The van der Waals surface area contributed by atoms with Crippen LogP contribution in [0.25, 0.3) is 0 Å². The van der Waals surface area contributed by atoms with E-state index in [1.54, 1.807) is 0 Å². The van der Waals surface area contributed by atoms with Crippen LogP contribution in [-0.2, 0) is 28.0 Å². The second kappa shape index (κ2) is 8.58. The number of carboxylic acids is 2. The third-order valence-corrected chi connectivity index (χ3v) is 5.60. The van der Waals surface area contributed by atoms with Gasteiger partial charge in [-0.2, -0.15) is 0 Å². The van der Waals surface area contributed by atoms with Gasteiger partial charge >= 0.3 is 11.9 Å². The van der Waals surface area contributed by atoms with E-state index in [1.165, 1.54) is 0 Å². The van der Waals surface area contributed by atoms with Crippen molar-refractivity contribution in [2.75, 3.05) is 11.5 Å². The molecule has 126 valence electrons. The van der Waals surface area contributed by atoms with Crippen molar-refractivity contribution in [3.63, 3.8) is 0 Å². The van der Waals surface area contributed by atoms with Crippen LogP contribution in [0.1, 0.15) is 13.8 Å². The minimum atomic E-state index is -4.03. The highest BCUT2D eigenvalue weighted by Crippen LogP contribution is 2.16. The van der Waals surface area contributed by atoms with Crippen LogP contribution in [0.3, 0.4) is 0 Å². The number of rotatable bonds is 9. The SMILES string of the molecule is CC(=O)NC(CSS(=O)(=O)CC(NC(C)=O)C(=O)O)C(=O)O. The van der Waals surface area contributed by atoms with E-state index in [0.29, 0.717) is 0 Å². The fourth-order valence-electron chi connectivity index (χ4n) is 1.26. The number of amides is 2. The summed E-state index contributed by atoms with van der Waals surface area (Å²) >= 11 is 0. The first-order chi connectivity index (χ1) is 9.94. The van der Waals surface area contributed by atoms with Crippen molar-refractivity contribution in [2.24, 2.45) is 0 Å².